The van der Waals surface area contributed by atoms with Gasteiger partial charge >= 0.3 is 5.97 Å². The second-order valence-corrected chi connectivity index (χ2v) is 5.46. The first kappa shape index (κ1) is 20.3. The number of nitrogens with one attached hydrogen (secondary N) is 1. The molecule has 2 rings (SSSR count). The van der Waals surface area contributed by atoms with Crippen molar-refractivity contribution in [1.29, 1.82) is 5.26 Å². The van der Waals surface area contributed by atoms with Crippen LogP contribution in [0.4, 0.5) is 5.69 Å². The van der Waals surface area contributed by atoms with Crippen LogP contribution in [0.2, 0.25) is 0 Å². The van der Waals surface area contributed by atoms with Crippen molar-refractivity contribution in [3.8, 4) is 23.3 Å². The number of benzene rings is 2. The van der Waals surface area contributed by atoms with E-state index in [0.717, 1.165) is 0 Å². The fourth-order valence-electron chi connectivity index (χ4n) is 2.36. The number of carbonyl (C=O) groups excluding carboxylic acids is 1. The van der Waals surface area contributed by atoms with Gasteiger partial charge < -0.3 is 24.6 Å². The number of carbonyl (C=O) groups is 2. The minimum Gasteiger partial charge on any atom is -0.496 e. The summed E-state index contributed by atoms with van der Waals surface area (Å²) < 4.78 is 15.7. The minimum absolute atomic E-state index is 0.0871. The van der Waals surface area contributed by atoms with Crippen LogP contribution in [0, 0.1) is 11.3 Å². The lowest BCUT2D eigenvalue weighted by Gasteiger charge is -2.12. The number of nitrogens with zero attached hydrogens (tertiary/aromatic N) is 1. The number of nitriles is 1. The Morgan fingerprint density at radius 1 is 1.00 bits per heavy atom. The molecule has 28 heavy (non-hydrogen) atoms. The van der Waals surface area contributed by atoms with Gasteiger partial charge in [-0.05, 0) is 36.4 Å². The Balaban J connectivity index is 2.33. The molecular weight excluding hydrogens is 364 g/mol. The van der Waals surface area contributed by atoms with Gasteiger partial charge in [0.1, 0.15) is 17.4 Å². The molecule has 0 saturated carbocycles. The van der Waals surface area contributed by atoms with E-state index in [1.54, 1.807) is 12.1 Å². The third-order valence-electron chi connectivity index (χ3n) is 3.79. The molecule has 0 saturated heterocycles. The topological polar surface area (TPSA) is 118 Å². The lowest BCUT2D eigenvalue weighted by molar-refractivity contribution is -0.112. The second kappa shape index (κ2) is 9.09. The Morgan fingerprint density at radius 2 is 1.57 bits per heavy atom. The highest BCUT2D eigenvalue weighted by Crippen LogP contribution is 2.35. The molecule has 0 fully saturated rings. The molecule has 2 aromatic carbocycles. The summed E-state index contributed by atoms with van der Waals surface area (Å²) in [7, 11) is 4.40. The van der Waals surface area contributed by atoms with E-state index in [0.29, 0.717) is 28.5 Å². The highest BCUT2D eigenvalue weighted by atomic mass is 16.5. The van der Waals surface area contributed by atoms with Crippen LogP contribution in [0.25, 0.3) is 6.08 Å². The summed E-state index contributed by atoms with van der Waals surface area (Å²) in [4.78, 5) is 23.3. The van der Waals surface area contributed by atoms with Crippen LogP contribution in [0.1, 0.15) is 15.9 Å². The molecule has 1 amide bonds. The standard InChI is InChI=1S/C20H18N2O6/c1-26-16-10-18(28-3)17(27-2)9-13(16)8-14(11-21)19(23)22-15-6-4-12(5-7-15)20(24)25/h4-10H,1-3H3,(H,22,23)(H,24,25)/b14-8+. The van der Waals surface area contributed by atoms with E-state index < -0.39 is 11.9 Å². The van der Waals surface area contributed by atoms with Gasteiger partial charge in [-0.15, -0.1) is 0 Å². The number of methoxy groups -OCH3 is 3. The average Bonchev–Trinajstić information content (AvgIpc) is 2.71. The fraction of sp³-hybridized carbons (Fsp3) is 0.150. The van der Waals surface area contributed by atoms with E-state index in [4.69, 9.17) is 19.3 Å². The van der Waals surface area contributed by atoms with Crippen molar-refractivity contribution >= 4 is 23.6 Å². The Labute approximate surface area is 161 Å². The highest BCUT2D eigenvalue weighted by Gasteiger charge is 2.15. The molecule has 0 atom stereocenters. The van der Waals surface area contributed by atoms with Crippen molar-refractivity contribution in [2.24, 2.45) is 0 Å². The van der Waals surface area contributed by atoms with Crippen LogP contribution in [0.15, 0.2) is 42.0 Å². The van der Waals surface area contributed by atoms with Gasteiger partial charge in [0.05, 0.1) is 26.9 Å². The molecule has 2 aromatic rings. The Morgan fingerprint density at radius 3 is 2.07 bits per heavy atom. The maximum Gasteiger partial charge on any atom is 0.335 e. The molecule has 0 bridgehead atoms. The predicted molar refractivity (Wildman–Crippen MR) is 102 cm³/mol. The first-order chi connectivity index (χ1) is 13.4. The second-order valence-electron chi connectivity index (χ2n) is 5.46. The van der Waals surface area contributed by atoms with Crippen molar-refractivity contribution in [1.82, 2.24) is 0 Å². The molecule has 0 radical (unpaired) electrons. The summed E-state index contributed by atoms with van der Waals surface area (Å²) in [5.74, 6) is -0.475. The van der Waals surface area contributed by atoms with Crippen LogP contribution in [-0.2, 0) is 4.79 Å². The molecule has 0 heterocycles. The van der Waals surface area contributed by atoms with Gasteiger partial charge in [-0.2, -0.15) is 5.26 Å². The van der Waals surface area contributed by atoms with E-state index >= 15 is 0 Å². The summed E-state index contributed by atoms with van der Waals surface area (Å²) in [5.41, 5.74) is 0.723. The molecular formula is C20H18N2O6. The maximum atomic E-state index is 12.4. The normalized spacial score (nSPS) is 10.6. The molecule has 8 heteroatoms. The fourth-order valence-corrected chi connectivity index (χ4v) is 2.36. The van der Waals surface area contributed by atoms with Gasteiger partial charge in [-0.3, -0.25) is 4.79 Å². The third kappa shape index (κ3) is 4.59. The molecule has 0 aliphatic carbocycles. The summed E-state index contributed by atoms with van der Waals surface area (Å²) in [6.07, 6.45) is 1.36. The van der Waals surface area contributed by atoms with Gasteiger partial charge in [-0.1, -0.05) is 0 Å². The number of aromatic carboxylic acids is 1. The van der Waals surface area contributed by atoms with Crippen LogP contribution in [0.5, 0.6) is 17.2 Å². The Kier molecular flexibility index (Phi) is 6.60. The molecule has 8 nitrogen and oxygen atoms in total. The largest absolute Gasteiger partial charge is 0.496 e. The Hall–Kier alpha value is -3.99. The monoisotopic (exact) mass is 382 g/mol. The van der Waals surface area contributed by atoms with Crippen molar-refractivity contribution in [2.75, 3.05) is 26.6 Å². The van der Waals surface area contributed by atoms with Gasteiger partial charge in [0.15, 0.2) is 11.5 Å². The summed E-state index contributed by atoms with van der Waals surface area (Å²) in [5, 5.41) is 20.8. The summed E-state index contributed by atoms with van der Waals surface area (Å²) in [6.45, 7) is 0. The zero-order chi connectivity index (χ0) is 20.7. The van der Waals surface area contributed by atoms with E-state index in [-0.39, 0.29) is 11.1 Å². The first-order valence-electron chi connectivity index (χ1n) is 8.00. The number of amides is 1. The number of hydrogen-bond donors (Lipinski definition) is 2. The van der Waals surface area contributed by atoms with E-state index in [9.17, 15) is 14.9 Å². The molecule has 0 unspecified atom stereocenters. The summed E-state index contributed by atoms with van der Waals surface area (Å²) >= 11 is 0. The van der Waals surface area contributed by atoms with Crippen LogP contribution in [0.3, 0.4) is 0 Å². The average molecular weight is 382 g/mol. The van der Waals surface area contributed by atoms with Gasteiger partial charge in [0.25, 0.3) is 5.91 Å². The number of carboxylic acids is 1. The molecule has 0 aliphatic heterocycles. The molecule has 0 aromatic heterocycles. The zero-order valence-corrected chi connectivity index (χ0v) is 15.5. The van der Waals surface area contributed by atoms with Crippen molar-refractivity contribution in [3.63, 3.8) is 0 Å². The highest BCUT2D eigenvalue weighted by molar-refractivity contribution is 6.10. The number of anilines is 1. The molecule has 0 aliphatic rings. The van der Waals surface area contributed by atoms with Gasteiger partial charge in [-0.25, -0.2) is 4.79 Å². The smallest absolute Gasteiger partial charge is 0.335 e. The lowest BCUT2D eigenvalue weighted by Crippen LogP contribution is -2.13. The maximum absolute atomic E-state index is 12.4. The van der Waals surface area contributed by atoms with Gasteiger partial charge in [0, 0.05) is 17.3 Å². The number of ether oxygens (including phenoxy) is 3. The molecule has 0 spiro atoms. The molecule has 144 valence electrons. The van der Waals surface area contributed by atoms with Crippen molar-refractivity contribution in [2.45, 2.75) is 0 Å². The van der Waals surface area contributed by atoms with Gasteiger partial charge in [0.2, 0.25) is 0 Å². The SMILES string of the molecule is COc1cc(OC)c(OC)cc1/C=C(\C#N)C(=O)Nc1ccc(C(=O)O)cc1. The number of hydrogen-bond acceptors (Lipinski definition) is 6. The first-order valence-corrected chi connectivity index (χ1v) is 8.00. The van der Waals surface area contributed by atoms with Crippen LogP contribution in [-0.4, -0.2) is 38.3 Å². The quantitative estimate of drug-likeness (QED) is 0.558. The number of rotatable bonds is 7. The minimum atomic E-state index is -1.07. The zero-order valence-electron chi connectivity index (χ0n) is 15.5. The van der Waals surface area contributed by atoms with E-state index in [1.165, 1.54) is 51.7 Å². The molecule has 2 N–H and O–H groups in total. The lowest BCUT2D eigenvalue weighted by atomic mass is 10.1. The Bertz CT molecular complexity index is 958. The van der Waals surface area contributed by atoms with Crippen LogP contribution >= 0.6 is 0 Å². The third-order valence-corrected chi connectivity index (χ3v) is 3.79. The van der Waals surface area contributed by atoms with E-state index in [1.807, 2.05) is 6.07 Å². The van der Waals surface area contributed by atoms with Crippen molar-refractivity contribution in [3.05, 3.63) is 53.1 Å². The van der Waals surface area contributed by atoms with Crippen LogP contribution < -0.4 is 19.5 Å². The van der Waals surface area contributed by atoms with Crippen molar-refractivity contribution < 1.29 is 28.9 Å². The predicted octanol–water partition coefficient (Wildman–Crippen LogP) is 2.96. The number of carboxylic acid groups (broad SMARTS) is 1. The van der Waals surface area contributed by atoms with E-state index in [2.05, 4.69) is 5.32 Å². The summed E-state index contributed by atoms with van der Waals surface area (Å²) in [6, 6.07) is 10.6.